The van der Waals surface area contributed by atoms with Gasteiger partial charge in [0.05, 0.1) is 5.91 Å². The number of carbonyl (C=O) groups excluding carboxylic acids is 2. The topological polar surface area (TPSA) is 48.2 Å². The normalized spacial score (nSPS) is 17.3. The molecule has 1 aliphatic rings. The van der Waals surface area contributed by atoms with Crippen LogP contribution in [0.3, 0.4) is 0 Å². The van der Waals surface area contributed by atoms with Crippen LogP contribution in [-0.4, -0.2) is 11.1 Å². The predicted molar refractivity (Wildman–Crippen MR) is 64.9 cm³/mol. The molecular weight excluding hydrogens is 261 g/mol. The Morgan fingerprint density at radius 1 is 1.12 bits per heavy atom. The Kier molecular flexibility index (Phi) is 6.39. The summed E-state index contributed by atoms with van der Waals surface area (Å²) in [7, 11) is 0. The van der Waals surface area contributed by atoms with Gasteiger partial charge in [0.2, 0.25) is 0 Å². The fourth-order valence-electron chi connectivity index (χ4n) is 1.21. The first-order chi connectivity index (χ1) is 7.75. The van der Waals surface area contributed by atoms with Gasteiger partial charge >= 0.3 is 51.4 Å². The Labute approximate surface area is 146 Å². The summed E-state index contributed by atoms with van der Waals surface area (Å²) in [5.41, 5.74) is 1.04. The van der Waals surface area contributed by atoms with Crippen molar-refractivity contribution in [2.45, 2.75) is 0 Å². The van der Waals surface area contributed by atoms with Crippen molar-refractivity contribution in [3.05, 3.63) is 58.3 Å². The fourth-order valence-corrected chi connectivity index (χ4v) is 1.81. The summed E-state index contributed by atoms with van der Waals surface area (Å²) in [4.78, 5) is 22.3. The van der Waals surface area contributed by atoms with Gasteiger partial charge < -0.3 is 14.9 Å². The van der Waals surface area contributed by atoms with Crippen molar-refractivity contribution in [1.29, 1.82) is 0 Å². The molecule has 1 fully saturated rings. The van der Waals surface area contributed by atoms with Gasteiger partial charge in [-0.05, 0) is 11.6 Å². The molecule has 3 nitrogen and oxygen atoms in total. The first-order valence-electron chi connectivity index (χ1n) is 4.67. The molecule has 0 aromatic heterocycles. The van der Waals surface area contributed by atoms with E-state index in [2.05, 4.69) is 5.32 Å². The van der Waals surface area contributed by atoms with Crippen LogP contribution in [0, 0.1) is 0 Å². The monoisotopic (exact) mass is 269 g/mol. The van der Waals surface area contributed by atoms with Crippen LogP contribution in [0.4, 0.5) is 4.79 Å². The molecule has 1 heterocycles. The van der Waals surface area contributed by atoms with E-state index >= 15 is 0 Å². The van der Waals surface area contributed by atoms with Crippen molar-refractivity contribution in [3.63, 3.8) is 0 Å². The molecule has 1 aliphatic heterocycles. The maximum Gasteiger partial charge on any atom is 1.00 e. The molecule has 0 atom stereocenters. The van der Waals surface area contributed by atoms with Crippen LogP contribution in [0.1, 0.15) is 5.56 Å². The minimum atomic E-state index is -0.451. The third-order valence-electron chi connectivity index (χ3n) is 1.94. The van der Waals surface area contributed by atoms with E-state index in [1.54, 1.807) is 12.2 Å². The molecule has 1 aromatic carbocycles. The van der Waals surface area contributed by atoms with Crippen molar-refractivity contribution in [3.8, 4) is 0 Å². The first-order valence-corrected chi connectivity index (χ1v) is 5.48. The molecule has 80 valence electrons. The van der Waals surface area contributed by atoms with Crippen LogP contribution in [0.2, 0.25) is 0 Å². The second kappa shape index (κ2) is 7.30. The van der Waals surface area contributed by atoms with Gasteiger partial charge in [0.15, 0.2) is 0 Å². The molecule has 2 rings (SSSR count). The largest absolute Gasteiger partial charge is 1.00 e. The number of nitrogens with zero attached hydrogens (tertiary/aromatic N) is 1. The summed E-state index contributed by atoms with van der Waals surface area (Å²) in [6.45, 7) is 0. The van der Waals surface area contributed by atoms with Crippen molar-refractivity contribution >= 4 is 29.0 Å². The Bertz CT molecular complexity index is 483. The van der Waals surface area contributed by atoms with E-state index in [9.17, 15) is 9.59 Å². The number of carbonyl (C=O) groups is 2. The molecule has 1 aromatic rings. The fraction of sp³-hybridized carbons (Fsp3) is 0. The Hall–Kier alpha value is -0.174. The Balaban J connectivity index is 0.00000144. The zero-order chi connectivity index (χ0) is 11.4. The predicted octanol–water partition coefficient (Wildman–Crippen LogP) is 0.355. The summed E-state index contributed by atoms with van der Waals surface area (Å²) in [5, 5.41) is 2.84. The number of thioether (sulfide) groups is 1. The van der Waals surface area contributed by atoms with Crippen molar-refractivity contribution in [1.82, 2.24) is 0 Å². The number of amides is 2. The van der Waals surface area contributed by atoms with Crippen LogP contribution < -0.4 is 51.4 Å². The molecule has 5 heteroatoms. The maximum absolute atomic E-state index is 11.1. The van der Waals surface area contributed by atoms with E-state index < -0.39 is 11.1 Å². The standard InChI is InChI=1S/C12H9NO2S.K/c14-11-10(16-12(15)13-11)8-4-7-9-5-2-1-3-6-9;/h1-8H,(H,13,14,15);/q;+1/p-1. The zero-order valence-electron chi connectivity index (χ0n) is 9.29. The molecule has 17 heavy (non-hydrogen) atoms. The summed E-state index contributed by atoms with van der Waals surface area (Å²) >= 11 is 0.864. The average Bonchev–Trinajstić information content (AvgIpc) is 2.59. The van der Waals surface area contributed by atoms with Gasteiger partial charge in [-0.25, -0.2) is 0 Å². The molecule has 0 spiro atoms. The number of rotatable bonds is 2. The smallest absolute Gasteiger partial charge is 0.581 e. The van der Waals surface area contributed by atoms with E-state index in [-0.39, 0.29) is 51.4 Å². The number of hydrogen-bond donors (Lipinski definition) is 0. The average molecular weight is 269 g/mol. The quantitative estimate of drug-likeness (QED) is 0.575. The molecular formula is C12H8KNO2S. The second-order valence-corrected chi connectivity index (χ2v) is 4.08. The van der Waals surface area contributed by atoms with Crippen LogP contribution in [0.5, 0.6) is 0 Å². The number of allylic oxidation sites excluding steroid dienone is 2. The SMILES string of the molecule is O=C1[N-]C(=O)C(=CC=Cc2ccccc2)S1.[K+]. The summed E-state index contributed by atoms with van der Waals surface area (Å²) < 4.78 is 0. The molecule has 0 aliphatic carbocycles. The van der Waals surface area contributed by atoms with Crippen LogP contribution in [0.25, 0.3) is 11.4 Å². The van der Waals surface area contributed by atoms with E-state index in [1.165, 1.54) is 0 Å². The van der Waals surface area contributed by atoms with E-state index in [0.717, 1.165) is 17.3 Å². The van der Waals surface area contributed by atoms with Crippen LogP contribution >= 0.6 is 11.8 Å². The summed E-state index contributed by atoms with van der Waals surface area (Å²) in [6, 6.07) is 9.70. The van der Waals surface area contributed by atoms with E-state index in [1.807, 2.05) is 36.4 Å². The van der Waals surface area contributed by atoms with Gasteiger partial charge in [-0.1, -0.05) is 54.2 Å². The van der Waals surface area contributed by atoms with Crippen molar-refractivity contribution < 1.29 is 61.0 Å². The minimum absolute atomic E-state index is 0. The van der Waals surface area contributed by atoms with Gasteiger partial charge in [-0.15, -0.1) is 0 Å². The molecule has 0 saturated carbocycles. The molecule has 0 bridgehead atoms. The van der Waals surface area contributed by atoms with Gasteiger partial charge in [0.1, 0.15) is 5.24 Å². The van der Waals surface area contributed by atoms with Gasteiger partial charge in [-0.3, -0.25) is 0 Å². The van der Waals surface area contributed by atoms with Gasteiger partial charge in [-0.2, -0.15) is 0 Å². The summed E-state index contributed by atoms with van der Waals surface area (Å²) in [5.74, 6) is -0.451. The third kappa shape index (κ3) is 4.54. The summed E-state index contributed by atoms with van der Waals surface area (Å²) in [6.07, 6.45) is 5.21. The third-order valence-corrected chi connectivity index (χ3v) is 2.73. The molecule has 0 radical (unpaired) electrons. The van der Waals surface area contributed by atoms with Gasteiger partial charge in [0.25, 0.3) is 0 Å². The molecule has 1 saturated heterocycles. The molecule has 0 unspecified atom stereocenters. The van der Waals surface area contributed by atoms with Crippen molar-refractivity contribution in [2.24, 2.45) is 0 Å². The zero-order valence-corrected chi connectivity index (χ0v) is 13.2. The number of benzene rings is 1. The molecule has 2 amide bonds. The first kappa shape index (κ1) is 14.9. The Morgan fingerprint density at radius 3 is 2.41 bits per heavy atom. The molecule has 0 N–H and O–H groups in total. The Morgan fingerprint density at radius 2 is 1.82 bits per heavy atom. The van der Waals surface area contributed by atoms with E-state index in [0.29, 0.717) is 4.91 Å². The minimum Gasteiger partial charge on any atom is -0.581 e. The van der Waals surface area contributed by atoms with E-state index in [4.69, 9.17) is 0 Å². The van der Waals surface area contributed by atoms with Crippen molar-refractivity contribution in [2.75, 3.05) is 0 Å². The number of hydrogen-bond acceptors (Lipinski definition) is 3. The maximum atomic E-state index is 11.1. The van der Waals surface area contributed by atoms with Crippen LogP contribution in [-0.2, 0) is 4.79 Å². The van der Waals surface area contributed by atoms with Crippen LogP contribution in [0.15, 0.2) is 47.4 Å². The second-order valence-electron chi connectivity index (χ2n) is 3.09. The number of imide groups is 1. The van der Waals surface area contributed by atoms with Gasteiger partial charge in [0, 0.05) is 4.91 Å².